The SMILES string of the molecule is C[C@H]1CCCCN1C(=S)SCC(=O)Nc1ccc(Cc2ccc(NC(=O)CSC(=S)N3CCCC[C@@H]3C)c(C#N)c2)cc1C#N. The van der Waals surface area contributed by atoms with Crippen LogP contribution in [-0.2, 0) is 16.0 Å². The molecule has 0 saturated carbocycles. The van der Waals surface area contributed by atoms with Gasteiger partial charge < -0.3 is 20.4 Å². The fourth-order valence-corrected chi connectivity index (χ4v) is 8.00. The summed E-state index contributed by atoms with van der Waals surface area (Å²) in [6, 6.07) is 15.8. The van der Waals surface area contributed by atoms with Crippen LogP contribution in [0.25, 0.3) is 0 Å². The summed E-state index contributed by atoms with van der Waals surface area (Å²) in [6.45, 7) is 6.17. The number of likely N-dealkylation sites (tertiary alicyclic amines) is 2. The molecular weight excluding hydrogens is 641 g/mol. The van der Waals surface area contributed by atoms with Crippen LogP contribution >= 0.6 is 48.0 Å². The molecule has 2 aromatic carbocycles. The lowest BCUT2D eigenvalue weighted by Crippen LogP contribution is -2.40. The van der Waals surface area contributed by atoms with Crippen molar-refractivity contribution in [1.82, 2.24) is 9.80 Å². The zero-order valence-electron chi connectivity index (χ0n) is 25.6. The van der Waals surface area contributed by atoms with Gasteiger partial charge in [0.1, 0.15) is 20.8 Å². The van der Waals surface area contributed by atoms with Gasteiger partial charge in [0, 0.05) is 25.2 Å². The van der Waals surface area contributed by atoms with Gasteiger partial charge in [-0.25, -0.2) is 0 Å². The molecule has 45 heavy (non-hydrogen) atoms. The lowest BCUT2D eigenvalue weighted by molar-refractivity contribution is -0.114. The highest BCUT2D eigenvalue weighted by Crippen LogP contribution is 2.25. The molecule has 0 aromatic heterocycles. The summed E-state index contributed by atoms with van der Waals surface area (Å²) >= 11 is 13.8. The number of thioether (sulfide) groups is 2. The zero-order chi connectivity index (χ0) is 32.3. The number of thiocarbonyl (C=S) groups is 2. The van der Waals surface area contributed by atoms with Gasteiger partial charge in [-0.1, -0.05) is 60.1 Å². The summed E-state index contributed by atoms with van der Waals surface area (Å²) < 4.78 is 1.47. The molecule has 0 unspecified atom stereocenters. The van der Waals surface area contributed by atoms with E-state index >= 15 is 0 Å². The van der Waals surface area contributed by atoms with E-state index in [1.54, 1.807) is 24.3 Å². The molecule has 236 valence electrons. The first kappa shape index (κ1) is 34.7. The normalized spacial score (nSPS) is 18.0. The number of nitriles is 2. The summed E-state index contributed by atoms with van der Waals surface area (Å²) in [6.07, 6.45) is 7.32. The van der Waals surface area contributed by atoms with Crippen molar-refractivity contribution in [3.8, 4) is 12.1 Å². The van der Waals surface area contributed by atoms with Gasteiger partial charge in [-0.2, -0.15) is 10.5 Å². The number of nitrogens with one attached hydrogen (secondary N) is 2. The second-order valence-electron chi connectivity index (χ2n) is 11.4. The average Bonchev–Trinajstić information content (AvgIpc) is 3.04. The number of carbonyl (C=O) groups excluding carboxylic acids is 2. The van der Waals surface area contributed by atoms with Gasteiger partial charge in [-0.3, -0.25) is 9.59 Å². The van der Waals surface area contributed by atoms with Crippen molar-refractivity contribution in [3.05, 3.63) is 58.7 Å². The van der Waals surface area contributed by atoms with E-state index in [-0.39, 0.29) is 23.3 Å². The Morgan fingerprint density at radius 1 is 0.778 bits per heavy atom. The van der Waals surface area contributed by atoms with Gasteiger partial charge >= 0.3 is 0 Å². The molecule has 2 saturated heterocycles. The van der Waals surface area contributed by atoms with Crippen LogP contribution in [0.5, 0.6) is 0 Å². The molecule has 4 rings (SSSR count). The topological polar surface area (TPSA) is 112 Å². The highest BCUT2D eigenvalue weighted by atomic mass is 32.2. The summed E-state index contributed by atoms with van der Waals surface area (Å²) in [5.74, 6) is -0.0719. The molecule has 0 spiro atoms. The molecule has 2 N–H and O–H groups in total. The van der Waals surface area contributed by atoms with Crippen LogP contribution in [-0.4, -0.2) is 66.9 Å². The maximum Gasteiger partial charge on any atom is 0.234 e. The van der Waals surface area contributed by atoms with Crippen LogP contribution in [0.15, 0.2) is 36.4 Å². The largest absolute Gasteiger partial charge is 0.355 e. The minimum absolute atomic E-state index is 0.178. The summed E-state index contributed by atoms with van der Waals surface area (Å²) in [5.41, 5.74) is 3.33. The predicted octanol–water partition coefficient (Wildman–Crippen LogP) is 6.68. The first-order chi connectivity index (χ1) is 21.7. The van der Waals surface area contributed by atoms with Crippen molar-refractivity contribution in [1.29, 1.82) is 10.5 Å². The quantitative estimate of drug-likeness (QED) is 0.293. The molecule has 2 aliphatic rings. The minimum Gasteiger partial charge on any atom is -0.355 e. The van der Waals surface area contributed by atoms with Gasteiger partial charge in [-0.15, -0.1) is 0 Å². The summed E-state index contributed by atoms with van der Waals surface area (Å²) in [4.78, 5) is 29.7. The average molecular weight is 679 g/mol. The minimum atomic E-state index is -0.214. The third-order valence-electron chi connectivity index (χ3n) is 8.09. The van der Waals surface area contributed by atoms with E-state index in [0.29, 0.717) is 41.0 Å². The number of hydrogen-bond acceptors (Lipinski definition) is 8. The van der Waals surface area contributed by atoms with Crippen molar-refractivity contribution < 1.29 is 9.59 Å². The standard InChI is InChI=1S/C33H38N6O2S4/c1-22-7-3-5-13-38(22)32(42)44-20-30(40)36-28-11-9-24(16-26(28)18-34)15-25-10-12-29(27(17-25)19-35)37-31(41)21-45-33(43)39-14-6-4-8-23(39)2/h9-12,16-17,22-23H,3-8,13-15,20-21H2,1-2H3,(H,36,40)(H,37,41)/t22-,23-/m0/s1. The van der Waals surface area contributed by atoms with Gasteiger partial charge in [0.2, 0.25) is 11.8 Å². The highest BCUT2D eigenvalue weighted by molar-refractivity contribution is 8.23. The smallest absolute Gasteiger partial charge is 0.234 e. The van der Waals surface area contributed by atoms with Gasteiger partial charge in [0.25, 0.3) is 0 Å². The van der Waals surface area contributed by atoms with Crippen LogP contribution < -0.4 is 10.6 Å². The van der Waals surface area contributed by atoms with Crippen LogP contribution in [0.2, 0.25) is 0 Å². The summed E-state index contributed by atoms with van der Waals surface area (Å²) in [7, 11) is 0. The first-order valence-corrected chi connectivity index (χ1v) is 18.0. The van der Waals surface area contributed by atoms with Crippen LogP contribution in [0, 0.1) is 22.7 Å². The van der Waals surface area contributed by atoms with Crippen molar-refractivity contribution in [2.75, 3.05) is 35.2 Å². The van der Waals surface area contributed by atoms with Crippen molar-refractivity contribution in [2.24, 2.45) is 0 Å². The molecule has 0 bridgehead atoms. The highest BCUT2D eigenvalue weighted by Gasteiger charge is 2.23. The fraction of sp³-hybridized carbons (Fsp3) is 0.455. The van der Waals surface area contributed by atoms with Gasteiger partial charge in [-0.05, 0) is 94.2 Å². The monoisotopic (exact) mass is 678 g/mol. The molecule has 2 fully saturated rings. The number of hydrogen-bond donors (Lipinski definition) is 2. The van der Waals surface area contributed by atoms with Crippen molar-refractivity contribution in [3.63, 3.8) is 0 Å². The number of carbonyl (C=O) groups is 2. The number of benzene rings is 2. The molecule has 8 nitrogen and oxygen atoms in total. The molecule has 2 amide bonds. The third-order valence-corrected chi connectivity index (χ3v) is 11.0. The molecule has 2 heterocycles. The van der Waals surface area contributed by atoms with Crippen LogP contribution in [0.4, 0.5) is 11.4 Å². The van der Waals surface area contributed by atoms with E-state index in [0.717, 1.165) is 58.5 Å². The number of piperidine rings is 2. The van der Waals surface area contributed by atoms with Gasteiger partial charge in [0.05, 0.1) is 34.0 Å². The number of amides is 2. The molecule has 2 aliphatic heterocycles. The molecule has 2 aromatic rings. The van der Waals surface area contributed by atoms with Gasteiger partial charge in [0.15, 0.2) is 0 Å². The van der Waals surface area contributed by atoms with Crippen molar-refractivity contribution in [2.45, 2.75) is 70.9 Å². The maximum atomic E-state index is 12.7. The Morgan fingerprint density at radius 3 is 1.58 bits per heavy atom. The third kappa shape index (κ3) is 9.91. The van der Waals surface area contributed by atoms with Crippen molar-refractivity contribution >= 4 is 79.8 Å². The van der Waals surface area contributed by atoms with E-state index in [9.17, 15) is 20.1 Å². The number of nitrogens with zero attached hydrogens (tertiary/aromatic N) is 4. The lowest BCUT2D eigenvalue weighted by atomic mass is 10.00. The molecule has 0 aliphatic carbocycles. The number of rotatable bonds is 8. The second-order valence-corrected chi connectivity index (χ2v) is 14.7. The lowest BCUT2D eigenvalue weighted by Gasteiger charge is -2.35. The van der Waals surface area contributed by atoms with E-state index in [4.69, 9.17) is 24.4 Å². The molecule has 2 atom stereocenters. The second kappa shape index (κ2) is 17.0. The summed E-state index contributed by atoms with van der Waals surface area (Å²) in [5, 5.41) is 25.2. The Labute approximate surface area is 285 Å². The Morgan fingerprint density at radius 2 is 1.20 bits per heavy atom. The molecule has 12 heteroatoms. The van der Waals surface area contributed by atoms with E-state index in [1.165, 1.54) is 36.4 Å². The predicted molar refractivity (Wildman–Crippen MR) is 193 cm³/mol. The van der Waals surface area contributed by atoms with E-state index in [1.807, 2.05) is 12.1 Å². The Bertz CT molecular complexity index is 1410. The van der Waals surface area contributed by atoms with E-state index < -0.39 is 0 Å². The zero-order valence-corrected chi connectivity index (χ0v) is 28.9. The Kier molecular flexibility index (Phi) is 13.1. The first-order valence-electron chi connectivity index (χ1n) is 15.2. The Balaban J connectivity index is 1.30. The molecule has 0 radical (unpaired) electrons. The van der Waals surface area contributed by atoms with Crippen LogP contribution in [0.1, 0.15) is 74.6 Å². The maximum absolute atomic E-state index is 12.7. The molecular formula is C33H38N6O2S4. The Hall–Kier alpha value is -3.16. The van der Waals surface area contributed by atoms with E-state index in [2.05, 4.69) is 46.4 Å². The number of anilines is 2. The van der Waals surface area contributed by atoms with Crippen LogP contribution in [0.3, 0.4) is 0 Å². The fourth-order valence-electron chi connectivity index (χ4n) is 5.57.